The second kappa shape index (κ2) is 6.32. The lowest BCUT2D eigenvalue weighted by atomic mass is 10.1. The van der Waals surface area contributed by atoms with Crippen molar-refractivity contribution in [1.29, 1.82) is 5.26 Å². The maximum Gasteiger partial charge on any atom is 0.405 e. The largest absolute Gasteiger partial charge is 0.497 e. The molecule has 0 spiro atoms. The van der Waals surface area contributed by atoms with Gasteiger partial charge in [0, 0.05) is 12.6 Å². The van der Waals surface area contributed by atoms with Gasteiger partial charge in [0.05, 0.1) is 18.4 Å². The number of methoxy groups -OCH3 is 1. The number of benzene rings is 1. The van der Waals surface area contributed by atoms with Gasteiger partial charge in [-0.2, -0.15) is 18.4 Å². The smallest absolute Gasteiger partial charge is 0.405 e. The van der Waals surface area contributed by atoms with Crippen LogP contribution in [0.2, 0.25) is 0 Å². The lowest BCUT2D eigenvalue weighted by Crippen LogP contribution is -2.35. The van der Waals surface area contributed by atoms with Gasteiger partial charge in [0.15, 0.2) is 0 Å². The summed E-state index contributed by atoms with van der Waals surface area (Å²) in [6.45, 7) is 0.930. The van der Waals surface area contributed by atoms with Gasteiger partial charge in [-0.25, -0.2) is 0 Å². The minimum absolute atomic E-state index is 0.207. The zero-order valence-corrected chi connectivity index (χ0v) is 10.8. The molecular weight excluding hydrogens is 257 g/mol. The molecule has 1 aromatic carbocycles. The highest BCUT2D eigenvalue weighted by atomic mass is 19.4. The van der Waals surface area contributed by atoms with E-state index in [1.807, 2.05) is 6.07 Å². The Kier molecular flexibility index (Phi) is 5.04. The van der Waals surface area contributed by atoms with Gasteiger partial charge in [-0.1, -0.05) is 6.92 Å². The molecule has 0 atom stereocenters. The predicted molar refractivity (Wildman–Crippen MR) is 66.3 cm³/mol. The standard InChI is InChI=1S/C13H15F3N2O/c1-3-6-18(9-13(14,15)16)12-7-11(19-2)5-4-10(12)8-17/h4-5,7H,3,6,9H2,1-2H3. The number of alkyl halides is 3. The molecule has 0 unspecified atom stereocenters. The third-order valence-electron chi connectivity index (χ3n) is 2.53. The first-order valence-electron chi connectivity index (χ1n) is 5.81. The van der Waals surface area contributed by atoms with Crippen LogP contribution >= 0.6 is 0 Å². The third kappa shape index (κ3) is 4.36. The summed E-state index contributed by atoms with van der Waals surface area (Å²) in [5.74, 6) is 0.428. The number of halogens is 3. The van der Waals surface area contributed by atoms with Gasteiger partial charge in [-0.05, 0) is 18.6 Å². The lowest BCUT2D eigenvalue weighted by molar-refractivity contribution is -0.119. The van der Waals surface area contributed by atoms with Crippen LogP contribution in [0.5, 0.6) is 5.75 Å². The molecule has 0 fully saturated rings. The highest BCUT2D eigenvalue weighted by Gasteiger charge is 2.31. The lowest BCUT2D eigenvalue weighted by Gasteiger charge is -2.26. The zero-order chi connectivity index (χ0) is 14.5. The number of ether oxygens (including phenoxy) is 1. The van der Waals surface area contributed by atoms with E-state index >= 15 is 0 Å². The fourth-order valence-electron chi connectivity index (χ4n) is 1.77. The Morgan fingerprint density at radius 3 is 2.53 bits per heavy atom. The average molecular weight is 272 g/mol. The van der Waals surface area contributed by atoms with Crippen LogP contribution in [0.25, 0.3) is 0 Å². The first kappa shape index (κ1) is 15.2. The Morgan fingerprint density at radius 2 is 2.05 bits per heavy atom. The molecule has 0 saturated carbocycles. The number of nitrogens with zero attached hydrogens (tertiary/aromatic N) is 2. The van der Waals surface area contributed by atoms with Crippen LogP contribution in [-0.2, 0) is 0 Å². The minimum Gasteiger partial charge on any atom is -0.497 e. The topological polar surface area (TPSA) is 36.3 Å². The average Bonchev–Trinajstić information content (AvgIpc) is 2.36. The van der Waals surface area contributed by atoms with Crippen molar-refractivity contribution in [2.45, 2.75) is 19.5 Å². The van der Waals surface area contributed by atoms with Gasteiger partial charge >= 0.3 is 6.18 Å². The second-order valence-electron chi connectivity index (χ2n) is 4.03. The normalized spacial score (nSPS) is 10.9. The second-order valence-corrected chi connectivity index (χ2v) is 4.03. The molecule has 0 saturated heterocycles. The summed E-state index contributed by atoms with van der Waals surface area (Å²) in [4.78, 5) is 1.15. The van der Waals surface area contributed by atoms with E-state index in [1.54, 1.807) is 13.0 Å². The molecule has 6 heteroatoms. The molecule has 3 nitrogen and oxygen atoms in total. The van der Waals surface area contributed by atoms with Gasteiger partial charge in [-0.15, -0.1) is 0 Å². The maximum absolute atomic E-state index is 12.6. The summed E-state index contributed by atoms with van der Waals surface area (Å²) in [7, 11) is 1.43. The monoisotopic (exact) mass is 272 g/mol. The predicted octanol–water partition coefficient (Wildman–Crippen LogP) is 3.35. The number of nitriles is 1. The molecule has 1 rings (SSSR count). The molecule has 0 aliphatic rings. The summed E-state index contributed by atoms with van der Waals surface area (Å²) >= 11 is 0. The molecule has 0 aliphatic carbocycles. The van der Waals surface area contributed by atoms with E-state index in [1.165, 1.54) is 19.2 Å². The molecule has 104 valence electrons. The van der Waals surface area contributed by atoms with E-state index in [2.05, 4.69) is 0 Å². The number of anilines is 1. The van der Waals surface area contributed by atoms with Crippen molar-refractivity contribution in [2.75, 3.05) is 25.1 Å². The van der Waals surface area contributed by atoms with Gasteiger partial charge in [0.25, 0.3) is 0 Å². The summed E-state index contributed by atoms with van der Waals surface area (Å²) in [6, 6.07) is 6.39. The Hall–Kier alpha value is -1.90. The molecule has 0 heterocycles. The Balaban J connectivity index is 3.16. The fraction of sp³-hybridized carbons (Fsp3) is 0.462. The van der Waals surface area contributed by atoms with E-state index < -0.39 is 12.7 Å². The SMILES string of the molecule is CCCN(CC(F)(F)F)c1cc(OC)ccc1C#N. The van der Waals surface area contributed by atoms with E-state index in [-0.39, 0.29) is 17.8 Å². The summed E-state index contributed by atoms with van der Waals surface area (Å²) in [5, 5.41) is 9.00. The highest BCUT2D eigenvalue weighted by Crippen LogP contribution is 2.28. The number of hydrogen-bond donors (Lipinski definition) is 0. The summed E-state index contributed by atoms with van der Waals surface area (Å²) < 4.78 is 42.7. The molecule has 19 heavy (non-hydrogen) atoms. The van der Waals surface area contributed by atoms with E-state index in [4.69, 9.17) is 10.00 Å². The maximum atomic E-state index is 12.6. The van der Waals surface area contributed by atoms with Crippen LogP contribution in [0.1, 0.15) is 18.9 Å². The minimum atomic E-state index is -4.31. The summed E-state index contributed by atoms with van der Waals surface area (Å²) in [6.07, 6.45) is -3.76. The van der Waals surface area contributed by atoms with Crippen LogP contribution in [0.4, 0.5) is 18.9 Å². The van der Waals surface area contributed by atoms with Gasteiger partial charge in [0.1, 0.15) is 18.4 Å². The van der Waals surface area contributed by atoms with Crippen LogP contribution in [0.3, 0.4) is 0 Å². The van der Waals surface area contributed by atoms with Gasteiger partial charge < -0.3 is 9.64 Å². The fourth-order valence-corrected chi connectivity index (χ4v) is 1.77. The molecule has 1 aromatic rings. The van der Waals surface area contributed by atoms with Crippen molar-refractivity contribution < 1.29 is 17.9 Å². The Labute approximate surface area is 110 Å². The van der Waals surface area contributed by atoms with Crippen LogP contribution in [0, 0.1) is 11.3 Å². The van der Waals surface area contributed by atoms with Crippen molar-refractivity contribution >= 4 is 5.69 Å². The van der Waals surface area contributed by atoms with Crippen LogP contribution in [0.15, 0.2) is 18.2 Å². The molecule has 0 N–H and O–H groups in total. The van der Waals surface area contributed by atoms with Crippen molar-refractivity contribution in [2.24, 2.45) is 0 Å². The number of rotatable bonds is 5. The zero-order valence-electron chi connectivity index (χ0n) is 10.8. The van der Waals surface area contributed by atoms with E-state index in [9.17, 15) is 13.2 Å². The number of hydrogen-bond acceptors (Lipinski definition) is 3. The first-order chi connectivity index (χ1) is 8.91. The molecular formula is C13H15F3N2O. The van der Waals surface area contributed by atoms with Crippen LogP contribution < -0.4 is 9.64 Å². The van der Waals surface area contributed by atoms with Crippen molar-refractivity contribution in [1.82, 2.24) is 0 Å². The van der Waals surface area contributed by atoms with Crippen molar-refractivity contribution in [3.8, 4) is 11.8 Å². The quantitative estimate of drug-likeness (QED) is 0.824. The Bertz CT molecular complexity index is 466. The van der Waals surface area contributed by atoms with Gasteiger partial charge in [0.2, 0.25) is 0 Å². The van der Waals surface area contributed by atoms with E-state index in [0.717, 1.165) is 4.90 Å². The first-order valence-corrected chi connectivity index (χ1v) is 5.81. The van der Waals surface area contributed by atoms with Crippen molar-refractivity contribution in [3.63, 3.8) is 0 Å². The summed E-state index contributed by atoms with van der Waals surface area (Å²) in [5.41, 5.74) is 0.458. The molecule has 0 amide bonds. The van der Waals surface area contributed by atoms with E-state index in [0.29, 0.717) is 12.2 Å². The van der Waals surface area contributed by atoms with Gasteiger partial charge in [-0.3, -0.25) is 0 Å². The van der Waals surface area contributed by atoms with Crippen LogP contribution in [-0.4, -0.2) is 26.4 Å². The van der Waals surface area contributed by atoms with Crippen molar-refractivity contribution in [3.05, 3.63) is 23.8 Å². The molecule has 0 aromatic heterocycles. The molecule has 0 aliphatic heterocycles. The highest BCUT2D eigenvalue weighted by molar-refractivity contribution is 5.62. The molecule has 0 bridgehead atoms. The third-order valence-corrected chi connectivity index (χ3v) is 2.53. The molecule has 0 radical (unpaired) electrons. The Morgan fingerprint density at radius 1 is 1.37 bits per heavy atom.